The van der Waals surface area contributed by atoms with Gasteiger partial charge < -0.3 is 24.3 Å². The Labute approximate surface area is 203 Å². The van der Waals surface area contributed by atoms with Gasteiger partial charge in [0.25, 0.3) is 0 Å². The number of halogens is 1. The summed E-state index contributed by atoms with van der Waals surface area (Å²) in [6.45, 7) is 12.3. The summed E-state index contributed by atoms with van der Waals surface area (Å²) >= 11 is 0. The summed E-state index contributed by atoms with van der Waals surface area (Å²) in [5.41, 5.74) is 0. The average molecular weight is 547 g/mol. The standard InChI is InChI=1S/C22H37N5O3.HI/c1-3-23-22(24-9-7-16-29-18-20-8-6-17-30-20)27-14-12-25(13-15-27)19(2)21(28)26-10-4-5-11-26;/h6,8,17,19H,3-5,7,9-16,18H2,1-2H3,(H,23,24);1H. The molecule has 1 aromatic heterocycles. The van der Waals surface area contributed by atoms with Gasteiger partial charge in [0, 0.05) is 59.0 Å². The summed E-state index contributed by atoms with van der Waals surface area (Å²) < 4.78 is 10.9. The zero-order valence-electron chi connectivity index (χ0n) is 18.9. The van der Waals surface area contributed by atoms with Gasteiger partial charge in [0.05, 0.1) is 12.3 Å². The minimum absolute atomic E-state index is 0. The summed E-state index contributed by atoms with van der Waals surface area (Å²) in [4.78, 5) is 24.1. The van der Waals surface area contributed by atoms with Gasteiger partial charge in [0.2, 0.25) is 5.91 Å². The van der Waals surface area contributed by atoms with Gasteiger partial charge in [-0.25, -0.2) is 0 Å². The predicted molar refractivity (Wildman–Crippen MR) is 133 cm³/mol. The van der Waals surface area contributed by atoms with Crippen LogP contribution >= 0.6 is 24.0 Å². The number of nitrogens with zero attached hydrogens (tertiary/aromatic N) is 4. The lowest BCUT2D eigenvalue weighted by Crippen LogP contribution is -2.57. The highest BCUT2D eigenvalue weighted by Crippen LogP contribution is 2.14. The molecule has 1 amide bonds. The number of furan rings is 1. The highest BCUT2D eigenvalue weighted by atomic mass is 127. The predicted octanol–water partition coefficient (Wildman–Crippen LogP) is 2.40. The Balaban J connectivity index is 0.00000341. The van der Waals surface area contributed by atoms with Crippen LogP contribution in [0.5, 0.6) is 0 Å². The first-order valence-electron chi connectivity index (χ1n) is 11.3. The third kappa shape index (κ3) is 7.94. The number of aliphatic imine (C=N–C) groups is 1. The number of piperazine rings is 1. The van der Waals surface area contributed by atoms with Gasteiger partial charge in [-0.3, -0.25) is 14.7 Å². The molecule has 1 N–H and O–H groups in total. The van der Waals surface area contributed by atoms with Crippen molar-refractivity contribution in [2.75, 3.05) is 59.0 Å². The van der Waals surface area contributed by atoms with Crippen molar-refractivity contribution in [3.05, 3.63) is 24.2 Å². The first-order valence-corrected chi connectivity index (χ1v) is 11.3. The van der Waals surface area contributed by atoms with Crippen molar-refractivity contribution in [3.8, 4) is 0 Å². The molecule has 3 rings (SSSR count). The van der Waals surface area contributed by atoms with Crippen LogP contribution in [0.15, 0.2) is 27.8 Å². The van der Waals surface area contributed by atoms with Gasteiger partial charge in [0.1, 0.15) is 12.4 Å². The molecule has 2 fully saturated rings. The van der Waals surface area contributed by atoms with Crippen LogP contribution in [0.3, 0.4) is 0 Å². The monoisotopic (exact) mass is 547 g/mol. The number of rotatable bonds is 9. The Morgan fingerprint density at radius 2 is 1.94 bits per heavy atom. The molecule has 1 unspecified atom stereocenters. The number of amides is 1. The van der Waals surface area contributed by atoms with E-state index >= 15 is 0 Å². The maximum absolute atomic E-state index is 12.7. The van der Waals surface area contributed by atoms with Crippen molar-refractivity contribution >= 4 is 35.8 Å². The molecule has 1 aromatic rings. The zero-order chi connectivity index (χ0) is 21.2. The Morgan fingerprint density at radius 1 is 1.19 bits per heavy atom. The number of hydrogen-bond donors (Lipinski definition) is 1. The maximum Gasteiger partial charge on any atom is 0.239 e. The molecule has 0 saturated carbocycles. The number of guanidine groups is 1. The van der Waals surface area contributed by atoms with E-state index in [1.54, 1.807) is 6.26 Å². The fraction of sp³-hybridized carbons (Fsp3) is 0.727. The van der Waals surface area contributed by atoms with Gasteiger partial charge in [-0.1, -0.05) is 0 Å². The minimum atomic E-state index is -0.0314. The molecule has 31 heavy (non-hydrogen) atoms. The van der Waals surface area contributed by atoms with Crippen molar-refractivity contribution in [1.82, 2.24) is 20.0 Å². The molecule has 2 saturated heterocycles. The summed E-state index contributed by atoms with van der Waals surface area (Å²) in [6, 6.07) is 3.76. The van der Waals surface area contributed by atoms with Crippen LogP contribution in [0, 0.1) is 0 Å². The van der Waals surface area contributed by atoms with E-state index in [9.17, 15) is 4.79 Å². The fourth-order valence-corrected chi connectivity index (χ4v) is 4.02. The Bertz CT molecular complexity index is 656. The highest BCUT2D eigenvalue weighted by molar-refractivity contribution is 14.0. The maximum atomic E-state index is 12.7. The van der Waals surface area contributed by atoms with Crippen molar-refractivity contribution < 1.29 is 13.9 Å². The minimum Gasteiger partial charge on any atom is -0.467 e. The van der Waals surface area contributed by atoms with Crippen LogP contribution in [0.4, 0.5) is 0 Å². The molecule has 2 aliphatic heterocycles. The molecule has 3 heterocycles. The number of ether oxygens (including phenoxy) is 1. The van der Waals surface area contributed by atoms with Gasteiger partial charge in [-0.15, -0.1) is 24.0 Å². The van der Waals surface area contributed by atoms with Crippen LogP contribution in [-0.2, 0) is 16.1 Å². The van der Waals surface area contributed by atoms with Gasteiger partial charge in [-0.2, -0.15) is 0 Å². The normalized spacial score (nSPS) is 18.7. The van der Waals surface area contributed by atoms with Gasteiger partial charge in [-0.05, 0) is 45.2 Å². The molecule has 0 spiro atoms. The lowest BCUT2D eigenvalue weighted by atomic mass is 10.2. The van der Waals surface area contributed by atoms with Crippen molar-refractivity contribution in [2.45, 2.75) is 45.8 Å². The van der Waals surface area contributed by atoms with Crippen LogP contribution in [-0.4, -0.2) is 91.6 Å². The Hall–Kier alpha value is -1.33. The van der Waals surface area contributed by atoms with E-state index in [-0.39, 0.29) is 35.9 Å². The molecular weight excluding hydrogens is 509 g/mol. The van der Waals surface area contributed by atoms with E-state index in [2.05, 4.69) is 29.0 Å². The van der Waals surface area contributed by atoms with Crippen LogP contribution < -0.4 is 5.32 Å². The third-order valence-corrected chi connectivity index (χ3v) is 5.80. The van der Waals surface area contributed by atoms with Crippen molar-refractivity contribution in [1.29, 1.82) is 0 Å². The number of carbonyl (C=O) groups excluding carboxylic acids is 1. The molecular formula is C22H38IN5O3. The first kappa shape index (κ1) is 25.9. The smallest absolute Gasteiger partial charge is 0.239 e. The van der Waals surface area contributed by atoms with E-state index < -0.39 is 0 Å². The second-order valence-corrected chi connectivity index (χ2v) is 7.95. The molecule has 2 aliphatic rings. The molecule has 0 radical (unpaired) electrons. The fourth-order valence-electron chi connectivity index (χ4n) is 4.02. The van der Waals surface area contributed by atoms with Gasteiger partial charge >= 0.3 is 0 Å². The lowest BCUT2D eigenvalue weighted by Gasteiger charge is -2.39. The molecule has 176 valence electrons. The SMILES string of the molecule is CCNC(=NCCCOCc1ccco1)N1CCN(C(C)C(=O)N2CCCC2)CC1.I. The van der Waals surface area contributed by atoms with Crippen LogP contribution in [0.1, 0.15) is 38.9 Å². The van der Waals surface area contributed by atoms with E-state index in [1.165, 1.54) is 0 Å². The molecule has 9 heteroatoms. The summed E-state index contributed by atoms with van der Waals surface area (Å²) in [5.74, 6) is 2.10. The molecule has 1 atom stereocenters. The van der Waals surface area contributed by atoms with E-state index in [0.29, 0.717) is 13.2 Å². The van der Waals surface area contributed by atoms with E-state index in [0.717, 1.165) is 83.3 Å². The van der Waals surface area contributed by atoms with Crippen molar-refractivity contribution in [3.63, 3.8) is 0 Å². The largest absolute Gasteiger partial charge is 0.467 e. The Kier molecular flexibility index (Phi) is 11.7. The van der Waals surface area contributed by atoms with E-state index in [1.807, 2.05) is 17.0 Å². The Morgan fingerprint density at radius 3 is 2.58 bits per heavy atom. The second kappa shape index (κ2) is 13.9. The number of carbonyl (C=O) groups is 1. The molecule has 8 nitrogen and oxygen atoms in total. The van der Waals surface area contributed by atoms with Crippen LogP contribution in [0.2, 0.25) is 0 Å². The third-order valence-electron chi connectivity index (χ3n) is 5.80. The second-order valence-electron chi connectivity index (χ2n) is 7.95. The number of nitrogens with one attached hydrogen (secondary N) is 1. The topological polar surface area (TPSA) is 73.5 Å². The van der Waals surface area contributed by atoms with E-state index in [4.69, 9.17) is 14.1 Å². The zero-order valence-corrected chi connectivity index (χ0v) is 21.3. The summed E-state index contributed by atoms with van der Waals surface area (Å²) in [7, 11) is 0. The number of likely N-dealkylation sites (tertiary alicyclic amines) is 1. The molecule has 0 aliphatic carbocycles. The lowest BCUT2D eigenvalue weighted by molar-refractivity contribution is -0.135. The van der Waals surface area contributed by atoms with Crippen LogP contribution in [0.25, 0.3) is 0 Å². The average Bonchev–Trinajstić information content (AvgIpc) is 3.49. The molecule has 0 aromatic carbocycles. The first-order chi connectivity index (χ1) is 14.7. The van der Waals surface area contributed by atoms with Gasteiger partial charge in [0.15, 0.2) is 5.96 Å². The molecule has 0 bridgehead atoms. The summed E-state index contributed by atoms with van der Waals surface area (Å²) in [6.07, 6.45) is 4.82. The quantitative estimate of drug-likeness (QED) is 0.222. The summed E-state index contributed by atoms with van der Waals surface area (Å²) in [5, 5.41) is 3.40. The highest BCUT2D eigenvalue weighted by Gasteiger charge is 2.30. The number of hydrogen-bond acceptors (Lipinski definition) is 5. The van der Waals surface area contributed by atoms with Crippen molar-refractivity contribution in [2.24, 2.45) is 4.99 Å².